The van der Waals surface area contributed by atoms with E-state index in [1.54, 1.807) is 12.1 Å². The highest BCUT2D eigenvalue weighted by atomic mass is 16.5. The molecule has 1 aromatic rings. The van der Waals surface area contributed by atoms with E-state index in [2.05, 4.69) is 0 Å². The molecule has 3 heteroatoms. The van der Waals surface area contributed by atoms with E-state index in [0.717, 1.165) is 11.8 Å². The van der Waals surface area contributed by atoms with E-state index in [9.17, 15) is 4.79 Å². The van der Waals surface area contributed by atoms with Crippen molar-refractivity contribution >= 4 is 12.4 Å². The van der Waals surface area contributed by atoms with Crippen LogP contribution in [0.3, 0.4) is 0 Å². The van der Waals surface area contributed by atoms with Crippen molar-refractivity contribution in [3.63, 3.8) is 0 Å². The third-order valence-corrected chi connectivity index (χ3v) is 1.83. The molecule has 0 aliphatic heterocycles. The van der Waals surface area contributed by atoms with Crippen LogP contribution < -0.4 is 10.5 Å². The van der Waals surface area contributed by atoms with Gasteiger partial charge < -0.3 is 10.5 Å². The van der Waals surface area contributed by atoms with Crippen LogP contribution in [-0.4, -0.2) is 19.9 Å². The van der Waals surface area contributed by atoms with Crippen molar-refractivity contribution in [3.8, 4) is 5.75 Å². The molecule has 0 spiro atoms. The third-order valence-electron chi connectivity index (χ3n) is 1.83. The molecule has 0 saturated heterocycles. The molecule has 1 rings (SSSR count). The molecule has 0 radical (unpaired) electrons. The summed E-state index contributed by atoms with van der Waals surface area (Å²) < 4.78 is 5.02. The van der Waals surface area contributed by atoms with Crippen LogP contribution in [0.1, 0.15) is 15.9 Å². The van der Waals surface area contributed by atoms with Gasteiger partial charge in [-0.3, -0.25) is 4.79 Å². The number of aldehydes is 1. The summed E-state index contributed by atoms with van der Waals surface area (Å²) in [6.07, 6.45) is 4.47. The van der Waals surface area contributed by atoms with Crippen molar-refractivity contribution in [1.29, 1.82) is 0 Å². The summed E-state index contributed by atoms with van der Waals surface area (Å²) in [5.74, 6) is 0.588. The number of hydrogen-bond acceptors (Lipinski definition) is 3. The molecule has 0 aliphatic rings. The first kappa shape index (κ1) is 10.5. The van der Waals surface area contributed by atoms with Crippen molar-refractivity contribution < 1.29 is 9.53 Å². The van der Waals surface area contributed by atoms with Gasteiger partial charge in [-0.1, -0.05) is 18.2 Å². The number of rotatable bonds is 4. The van der Waals surface area contributed by atoms with E-state index in [0.29, 0.717) is 17.9 Å². The molecule has 0 heterocycles. The van der Waals surface area contributed by atoms with Gasteiger partial charge in [-0.05, 0) is 17.7 Å². The van der Waals surface area contributed by atoms with Crippen molar-refractivity contribution in [2.75, 3.05) is 13.7 Å². The van der Waals surface area contributed by atoms with E-state index >= 15 is 0 Å². The summed E-state index contributed by atoms with van der Waals surface area (Å²) in [5.41, 5.74) is 6.81. The third kappa shape index (κ3) is 2.44. The Morgan fingerprint density at radius 1 is 1.50 bits per heavy atom. The molecule has 0 bridgehead atoms. The molecule has 1 aromatic carbocycles. The Morgan fingerprint density at radius 2 is 2.29 bits per heavy atom. The van der Waals surface area contributed by atoms with Gasteiger partial charge in [0.15, 0.2) is 6.29 Å². The zero-order chi connectivity index (χ0) is 10.4. The van der Waals surface area contributed by atoms with Gasteiger partial charge in [0.2, 0.25) is 0 Å². The molecule has 0 amide bonds. The normalized spacial score (nSPS) is 10.4. The number of hydrogen-bond donors (Lipinski definition) is 1. The number of nitrogens with two attached hydrogens (primary N) is 1. The van der Waals surface area contributed by atoms with E-state index in [1.807, 2.05) is 18.2 Å². The van der Waals surface area contributed by atoms with Crippen molar-refractivity contribution in [2.24, 2.45) is 5.73 Å². The number of benzene rings is 1. The minimum absolute atomic E-state index is 0.489. The average molecular weight is 191 g/mol. The summed E-state index contributed by atoms with van der Waals surface area (Å²) in [6, 6.07) is 5.40. The summed E-state index contributed by atoms with van der Waals surface area (Å²) in [5, 5.41) is 0. The molecule has 14 heavy (non-hydrogen) atoms. The topological polar surface area (TPSA) is 52.3 Å². The quantitative estimate of drug-likeness (QED) is 0.733. The predicted octanol–water partition coefficient (Wildman–Crippen LogP) is 1.48. The van der Waals surface area contributed by atoms with Gasteiger partial charge >= 0.3 is 0 Å². The van der Waals surface area contributed by atoms with Gasteiger partial charge in [0.1, 0.15) is 5.75 Å². The molecule has 0 unspecified atom stereocenters. The fraction of sp³-hybridized carbons (Fsp3) is 0.182. The lowest BCUT2D eigenvalue weighted by Crippen LogP contribution is -1.93. The van der Waals surface area contributed by atoms with Gasteiger partial charge in [0.05, 0.1) is 12.7 Å². The predicted molar refractivity (Wildman–Crippen MR) is 56.5 cm³/mol. The molecular weight excluding hydrogens is 178 g/mol. The van der Waals surface area contributed by atoms with Gasteiger partial charge in [-0.15, -0.1) is 0 Å². The Morgan fingerprint density at radius 3 is 2.86 bits per heavy atom. The highest BCUT2D eigenvalue weighted by Crippen LogP contribution is 2.18. The lowest BCUT2D eigenvalue weighted by atomic mass is 10.1. The van der Waals surface area contributed by atoms with Crippen LogP contribution in [0, 0.1) is 0 Å². The zero-order valence-electron chi connectivity index (χ0n) is 8.07. The fourth-order valence-electron chi connectivity index (χ4n) is 1.15. The second-order valence-corrected chi connectivity index (χ2v) is 2.76. The summed E-state index contributed by atoms with van der Waals surface area (Å²) in [7, 11) is 1.54. The SMILES string of the molecule is COc1ccc(C=CCN)cc1C=O. The highest BCUT2D eigenvalue weighted by molar-refractivity contribution is 5.80. The maximum absolute atomic E-state index is 10.7. The Labute approximate surface area is 83.2 Å². The smallest absolute Gasteiger partial charge is 0.153 e. The molecule has 0 fully saturated rings. The molecule has 0 aromatic heterocycles. The summed E-state index contributed by atoms with van der Waals surface area (Å²) in [4.78, 5) is 10.7. The molecule has 0 aliphatic carbocycles. The molecule has 2 N–H and O–H groups in total. The fourth-order valence-corrected chi connectivity index (χ4v) is 1.15. The van der Waals surface area contributed by atoms with E-state index in [-0.39, 0.29) is 0 Å². The maximum atomic E-state index is 10.7. The Bertz CT molecular complexity index is 345. The van der Waals surface area contributed by atoms with Gasteiger partial charge in [0.25, 0.3) is 0 Å². The van der Waals surface area contributed by atoms with Crippen LogP contribution in [0.5, 0.6) is 5.75 Å². The van der Waals surface area contributed by atoms with Crippen molar-refractivity contribution in [2.45, 2.75) is 0 Å². The number of carbonyl (C=O) groups is 1. The lowest BCUT2D eigenvalue weighted by Gasteiger charge is -2.03. The van der Waals surface area contributed by atoms with E-state index < -0.39 is 0 Å². The Balaban J connectivity index is 3.01. The van der Waals surface area contributed by atoms with Crippen LogP contribution in [-0.2, 0) is 0 Å². The summed E-state index contributed by atoms with van der Waals surface area (Å²) in [6.45, 7) is 0.489. The molecular formula is C11H13NO2. The van der Waals surface area contributed by atoms with Crippen LogP contribution in [0.2, 0.25) is 0 Å². The monoisotopic (exact) mass is 191 g/mol. The van der Waals surface area contributed by atoms with Crippen molar-refractivity contribution in [1.82, 2.24) is 0 Å². The molecule has 74 valence electrons. The van der Waals surface area contributed by atoms with Gasteiger partial charge in [-0.25, -0.2) is 0 Å². The van der Waals surface area contributed by atoms with E-state index in [1.165, 1.54) is 7.11 Å². The zero-order valence-corrected chi connectivity index (χ0v) is 8.07. The first-order valence-electron chi connectivity index (χ1n) is 4.31. The first-order chi connectivity index (χ1) is 6.81. The average Bonchev–Trinajstić information content (AvgIpc) is 2.25. The first-order valence-corrected chi connectivity index (χ1v) is 4.31. The van der Waals surface area contributed by atoms with Crippen LogP contribution in [0.25, 0.3) is 6.08 Å². The van der Waals surface area contributed by atoms with Crippen LogP contribution in [0.4, 0.5) is 0 Å². The Hall–Kier alpha value is -1.61. The molecule has 0 atom stereocenters. The van der Waals surface area contributed by atoms with Crippen LogP contribution in [0.15, 0.2) is 24.3 Å². The Kier molecular flexibility index (Phi) is 3.88. The van der Waals surface area contributed by atoms with Gasteiger partial charge in [0, 0.05) is 6.54 Å². The van der Waals surface area contributed by atoms with Crippen LogP contribution >= 0.6 is 0 Å². The van der Waals surface area contributed by atoms with Crippen molar-refractivity contribution in [3.05, 3.63) is 35.4 Å². The standard InChI is InChI=1S/C11H13NO2/c1-14-11-5-4-9(3-2-6-12)7-10(11)8-13/h2-5,7-8H,6,12H2,1H3. The molecule has 3 nitrogen and oxygen atoms in total. The minimum atomic E-state index is 0.489. The highest BCUT2D eigenvalue weighted by Gasteiger charge is 2.00. The lowest BCUT2D eigenvalue weighted by molar-refractivity contribution is 0.112. The number of ether oxygens (including phenoxy) is 1. The second kappa shape index (κ2) is 5.19. The largest absolute Gasteiger partial charge is 0.496 e. The maximum Gasteiger partial charge on any atom is 0.153 e. The number of methoxy groups -OCH3 is 1. The molecule has 0 saturated carbocycles. The minimum Gasteiger partial charge on any atom is -0.496 e. The van der Waals surface area contributed by atoms with Gasteiger partial charge in [-0.2, -0.15) is 0 Å². The number of carbonyl (C=O) groups excluding carboxylic acids is 1. The van der Waals surface area contributed by atoms with E-state index in [4.69, 9.17) is 10.5 Å². The second-order valence-electron chi connectivity index (χ2n) is 2.76. The summed E-state index contributed by atoms with van der Waals surface area (Å²) >= 11 is 0.